The quantitative estimate of drug-likeness (QED) is 0.815. The van der Waals surface area contributed by atoms with E-state index in [2.05, 4.69) is 10.2 Å². The summed E-state index contributed by atoms with van der Waals surface area (Å²) < 4.78 is 5.53. The highest BCUT2D eigenvalue weighted by molar-refractivity contribution is 5.10. The summed E-state index contributed by atoms with van der Waals surface area (Å²) in [5.74, 6) is 1.24. The smallest absolute Gasteiger partial charge is 0.233 e. The van der Waals surface area contributed by atoms with Crippen LogP contribution in [0.25, 0.3) is 0 Å². The van der Waals surface area contributed by atoms with E-state index in [0.29, 0.717) is 17.5 Å². The van der Waals surface area contributed by atoms with Crippen molar-refractivity contribution in [2.45, 2.75) is 32.3 Å². The largest absolute Gasteiger partial charge is 0.476 e. The molecule has 0 aliphatic heterocycles. The van der Waals surface area contributed by atoms with Gasteiger partial charge in [0.2, 0.25) is 5.88 Å². The summed E-state index contributed by atoms with van der Waals surface area (Å²) in [7, 11) is 0. The molecule has 0 amide bonds. The van der Waals surface area contributed by atoms with E-state index in [4.69, 9.17) is 9.84 Å². The van der Waals surface area contributed by atoms with Gasteiger partial charge in [0.15, 0.2) is 0 Å². The Morgan fingerprint density at radius 3 is 2.67 bits per heavy atom. The van der Waals surface area contributed by atoms with E-state index < -0.39 is 0 Å². The minimum atomic E-state index is -0.0735. The number of aliphatic hydroxyl groups is 1. The van der Waals surface area contributed by atoms with Gasteiger partial charge in [-0.15, -0.1) is 10.2 Å². The lowest BCUT2D eigenvalue weighted by Gasteiger charge is -2.09. The van der Waals surface area contributed by atoms with E-state index in [1.807, 2.05) is 0 Å². The van der Waals surface area contributed by atoms with Crippen LogP contribution < -0.4 is 4.74 Å². The molecular formula is C11H16N2O2. The molecular weight excluding hydrogens is 192 g/mol. The van der Waals surface area contributed by atoms with Crippen molar-refractivity contribution in [3.8, 4) is 5.88 Å². The van der Waals surface area contributed by atoms with Gasteiger partial charge in [-0.2, -0.15) is 0 Å². The minimum Gasteiger partial charge on any atom is -0.476 e. The zero-order chi connectivity index (χ0) is 10.5. The molecule has 1 saturated carbocycles. The lowest BCUT2D eigenvalue weighted by molar-refractivity contribution is 0.238. The Labute approximate surface area is 89.3 Å². The van der Waals surface area contributed by atoms with Crippen LogP contribution in [0.15, 0.2) is 12.1 Å². The van der Waals surface area contributed by atoms with Gasteiger partial charge >= 0.3 is 0 Å². The third-order valence-electron chi connectivity index (χ3n) is 2.80. The molecule has 2 rings (SSSR count). The molecule has 1 aromatic heterocycles. The van der Waals surface area contributed by atoms with E-state index in [-0.39, 0.29) is 6.61 Å². The first-order chi connectivity index (χ1) is 7.38. The fourth-order valence-corrected chi connectivity index (χ4v) is 1.89. The molecule has 1 aliphatic carbocycles. The van der Waals surface area contributed by atoms with Crippen molar-refractivity contribution in [2.75, 3.05) is 6.61 Å². The monoisotopic (exact) mass is 208 g/mol. The molecule has 0 aromatic carbocycles. The van der Waals surface area contributed by atoms with Gasteiger partial charge in [0.05, 0.1) is 18.9 Å². The second-order valence-corrected chi connectivity index (χ2v) is 3.98. The fourth-order valence-electron chi connectivity index (χ4n) is 1.89. The first kappa shape index (κ1) is 10.4. The van der Waals surface area contributed by atoms with Crippen molar-refractivity contribution in [1.82, 2.24) is 10.2 Å². The van der Waals surface area contributed by atoms with Crippen molar-refractivity contribution in [1.29, 1.82) is 0 Å². The van der Waals surface area contributed by atoms with Gasteiger partial charge in [-0.1, -0.05) is 12.8 Å². The van der Waals surface area contributed by atoms with Gasteiger partial charge in [0.25, 0.3) is 0 Å². The van der Waals surface area contributed by atoms with Crippen molar-refractivity contribution >= 4 is 0 Å². The summed E-state index contributed by atoms with van der Waals surface area (Å²) in [6, 6.07) is 3.49. The highest BCUT2D eigenvalue weighted by Crippen LogP contribution is 2.25. The van der Waals surface area contributed by atoms with Crippen molar-refractivity contribution in [2.24, 2.45) is 5.92 Å². The first-order valence-electron chi connectivity index (χ1n) is 5.45. The summed E-state index contributed by atoms with van der Waals surface area (Å²) >= 11 is 0. The number of hydrogen-bond acceptors (Lipinski definition) is 4. The van der Waals surface area contributed by atoms with Crippen molar-refractivity contribution < 1.29 is 9.84 Å². The van der Waals surface area contributed by atoms with Crippen LogP contribution in [0, 0.1) is 5.92 Å². The Balaban J connectivity index is 1.82. The number of ether oxygens (including phenoxy) is 1. The maximum atomic E-state index is 8.79. The van der Waals surface area contributed by atoms with Crippen LogP contribution in [0.5, 0.6) is 5.88 Å². The third kappa shape index (κ3) is 2.89. The Morgan fingerprint density at radius 1 is 1.27 bits per heavy atom. The molecule has 0 saturated heterocycles. The van der Waals surface area contributed by atoms with Crippen LogP contribution in [0.3, 0.4) is 0 Å². The van der Waals surface area contributed by atoms with E-state index >= 15 is 0 Å². The molecule has 1 aromatic rings. The molecule has 4 nitrogen and oxygen atoms in total. The molecule has 1 fully saturated rings. The second-order valence-electron chi connectivity index (χ2n) is 3.98. The lowest BCUT2D eigenvalue weighted by atomic mass is 10.1. The van der Waals surface area contributed by atoms with E-state index in [1.165, 1.54) is 25.7 Å². The Kier molecular flexibility index (Phi) is 3.50. The van der Waals surface area contributed by atoms with Crippen LogP contribution in [0.2, 0.25) is 0 Å². The molecule has 1 N–H and O–H groups in total. The van der Waals surface area contributed by atoms with Crippen LogP contribution in [0.4, 0.5) is 0 Å². The molecule has 1 heterocycles. The Bertz CT molecular complexity index is 294. The number of rotatable bonds is 4. The normalized spacial score (nSPS) is 16.9. The predicted molar refractivity (Wildman–Crippen MR) is 55.4 cm³/mol. The van der Waals surface area contributed by atoms with Crippen molar-refractivity contribution in [3.63, 3.8) is 0 Å². The van der Waals surface area contributed by atoms with E-state index in [9.17, 15) is 0 Å². The number of nitrogens with zero attached hydrogens (tertiary/aromatic N) is 2. The van der Waals surface area contributed by atoms with Gasteiger partial charge < -0.3 is 9.84 Å². The van der Waals surface area contributed by atoms with Gasteiger partial charge in [0.1, 0.15) is 0 Å². The molecule has 0 radical (unpaired) electrons. The predicted octanol–water partition coefficient (Wildman–Crippen LogP) is 1.54. The Morgan fingerprint density at radius 2 is 2.07 bits per heavy atom. The molecule has 0 bridgehead atoms. The minimum absolute atomic E-state index is 0.0735. The molecule has 1 aliphatic rings. The maximum Gasteiger partial charge on any atom is 0.233 e. The van der Waals surface area contributed by atoms with Crippen LogP contribution in [-0.2, 0) is 6.61 Å². The molecule has 0 unspecified atom stereocenters. The van der Waals surface area contributed by atoms with E-state index in [0.717, 1.165) is 6.61 Å². The molecule has 4 heteroatoms. The maximum absolute atomic E-state index is 8.79. The molecule has 0 spiro atoms. The fraction of sp³-hybridized carbons (Fsp3) is 0.636. The average molecular weight is 208 g/mol. The Hall–Kier alpha value is -1.16. The summed E-state index contributed by atoms with van der Waals surface area (Å²) in [6.07, 6.45) is 5.18. The second kappa shape index (κ2) is 5.07. The standard InChI is InChI=1S/C11H16N2O2/c14-7-10-5-6-11(13-12-10)15-8-9-3-1-2-4-9/h5-6,9,14H,1-4,7-8H2. The summed E-state index contributed by atoms with van der Waals surface area (Å²) in [5.41, 5.74) is 0.572. The number of aliphatic hydroxyl groups excluding tert-OH is 1. The SMILES string of the molecule is OCc1ccc(OCC2CCCC2)nn1. The van der Waals surface area contributed by atoms with Crippen LogP contribution in [-0.4, -0.2) is 21.9 Å². The lowest BCUT2D eigenvalue weighted by Crippen LogP contribution is -2.09. The van der Waals surface area contributed by atoms with Gasteiger partial charge in [-0.25, -0.2) is 0 Å². The number of aromatic nitrogens is 2. The summed E-state index contributed by atoms with van der Waals surface area (Å²) in [5, 5.41) is 16.5. The topological polar surface area (TPSA) is 55.2 Å². The zero-order valence-corrected chi connectivity index (χ0v) is 8.72. The number of hydrogen-bond donors (Lipinski definition) is 1. The van der Waals surface area contributed by atoms with E-state index in [1.54, 1.807) is 12.1 Å². The van der Waals surface area contributed by atoms with Gasteiger partial charge in [-0.3, -0.25) is 0 Å². The van der Waals surface area contributed by atoms with Gasteiger partial charge in [0, 0.05) is 6.07 Å². The van der Waals surface area contributed by atoms with Crippen LogP contribution >= 0.6 is 0 Å². The van der Waals surface area contributed by atoms with Gasteiger partial charge in [-0.05, 0) is 24.8 Å². The zero-order valence-electron chi connectivity index (χ0n) is 8.72. The summed E-state index contributed by atoms with van der Waals surface area (Å²) in [4.78, 5) is 0. The highest BCUT2D eigenvalue weighted by atomic mass is 16.5. The molecule has 82 valence electrons. The summed E-state index contributed by atoms with van der Waals surface area (Å²) in [6.45, 7) is 0.670. The first-order valence-corrected chi connectivity index (χ1v) is 5.45. The highest BCUT2D eigenvalue weighted by Gasteiger charge is 2.15. The molecule has 15 heavy (non-hydrogen) atoms. The molecule has 0 atom stereocenters. The third-order valence-corrected chi connectivity index (χ3v) is 2.80. The van der Waals surface area contributed by atoms with Crippen molar-refractivity contribution in [3.05, 3.63) is 17.8 Å². The van der Waals surface area contributed by atoms with Crippen LogP contribution in [0.1, 0.15) is 31.4 Å². The average Bonchev–Trinajstić information content (AvgIpc) is 2.80.